The molecule has 0 rings (SSSR count). The van der Waals surface area contributed by atoms with E-state index in [9.17, 15) is 19.2 Å². The minimum absolute atomic E-state index is 0.0644. The molecule has 0 bridgehead atoms. The highest BCUT2D eigenvalue weighted by Crippen LogP contribution is 2.13. The van der Waals surface area contributed by atoms with Gasteiger partial charge in [0.05, 0.1) is 0 Å². The van der Waals surface area contributed by atoms with Crippen LogP contribution in [-0.4, -0.2) is 98.9 Å². The number of hydrogen-bond donors (Lipinski definition) is 4. The van der Waals surface area contributed by atoms with Crippen molar-refractivity contribution in [1.29, 1.82) is 0 Å². The average Bonchev–Trinajstić information content (AvgIpc) is 3.36. The van der Waals surface area contributed by atoms with Gasteiger partial charge in [0, 0.05) is 91.1 Å². The molecule has 4 amide bonds. The fourth-order valence-corrected chi connectivity index (χ4v) is 9.35. The van der Waals surface area contributed by atoms with Gasteiger partial charge in [-0.1, -0.05) is 246 Å². The number of nitrogens with zero attached hydrogens (tertiary/aromatic N) is 2. The zero-order valence-corrected chi connectivity index (χ0v) is 47.3. The van der Waals surface area contributed by atoms with Crippen LogP contribution < -0.4 is 21.3 Å². The standard InChI is InChI=1S/C60H120N6O4/c1-5-9-13-17-21-25-29-33-37-41-49-63-59(69)45-53-65(51-43-57(67)61-47-39-35-31-27-23-19-15-11-7-3)55-56-66(52-44-58(68)62-48-40-36-32-28-24-20-16-12-8-4)54-46-60(70)64-50-42-38-34-30-26-22-18-14-10-6-2/h5-56H2,1-4H3,(H,61,67)(H,62,68)(H,63,69)(H,64,70). The van der Waals surface area contributed by atoms with E-state index in [-0.39, 0.29) is 23.6 Å². The highest BCUT2D eigenvalue weighted by atomic mass is 16.2. The number of carbonyl (C=O) groups excluding carboxylic acids is 4. The van der Waals surface area contributed by atoms with Gasteiger partial charge in [-0.2, -0.15) is 0 Å². The van der Waals surface area contributed by atoms with Crippen LogP contribution in [0.1, 0.15) is 297 Å². The van der Waals surface area contributed by atoms with Crippen molar-refractivity contribution in [2.75, 3.05) is 65.4 Å². The highest BCUT2D eigenvalue weighted by Gasteiger charge is 2.16. The Kier molecular flexibility index (Phi) is 54.3. The molecule has 0 aromatic rings. The molecule has 10 nitrogen and oxygen atoms in total. The molecule has 0 aromatic carbocycles. The Morgan fingerprint density at radius 3 is 0.557 bits per heavy atom. The third-order valence-corrected chi connectivity index (χ3v) is 14.3. The molecule has 70 heavy (non-hydrogen) atoms. The summed E-state index contributed by atoms with van der Waals surface area (Å²) in [6.45, 7) is 15.5. The lowest BCUT2D eigenvalue weighted by Gasteiger charge is -2.27. The van der Waals surface area contributed by atoms with Crippen molar-refractivity contribution in [3.63, 3.8) is 0 Å². The topological polar surface area (TPSA) is 123 Å². The maximum absolute atomic E-state index is 13.1. The number of hydrogen-bond acceptors (Lipinski definition) is 6. The Balaban J connectivity index is 5.22. The lowest BCUT2D eigenvalue weighted by Crippen LogP contribution is -2.41. The van der Waals surface area contributed by atoms with E-state index in [2.05, 4.69) is 58.8 Å². The van der Waals surface area contributed by atoms with Crippen molar-refractivity contribution in [1.82, 2.24) is 31.1 Å². The molecular formula is C60H120N6O4. The predicted molar refractivity (Wildman–Crippen MR) is 302 cm³/mol. The van der Waals surface area contributed by atoms with Crippen LogP contribution in [0.5, 0.6) is 0 Å². The second kappa shape index (κ2) is 56.1. The van der Waals surface area contributed by atoms with Crippen molar-refractivity contribution in [2.45, 2.75) is 297 Å². The summed E-state index contributed by atoms with van der Waals surface area (Å²) in [6, 6.07) is 0. The molecule has 0 aliphatic heterocycles. The lowest BCUT2D eigenvalue weighted by atomic mass is 10.1. The van der Waals surface area contributed by atoms with Crippen LogP contribution in [0, 0.1) is 0 Å². The van der Waals surface area contributed by atoms with Gasteiger partial charge in [0.2, 0.25) is 23.6 Å². The molecular weight excluding hydrogens is 869 g/mol. The van der Waals surface area contributed by atoms with Crippen LogP contribution in [0.3, 0.4) is 0 Å². The molecule has 0 saturated heterocycles. The van der Waals surface area contributed by atoms with Crippen molar-refractivity contribution >= 4 is 23.6 Å². The number of unbranched alkanes of at least 4 members (excludes halogenated alkanes) is 34. The molecule has 0 aliphatic rings. The molecule has 0 unspecified atom stereocenters. The van der Waals surface area contributed by atoms with E-state index in [1.54, 1.807) is 0 Å². The molecule has 414 valence electrons. The number of amides is 4. The van der Waals surface area contributed by atoms with E-state index in [1.807, 2.05) is 0 Å². The van der Waals surface area contributed by atoms with Crippen LogP contribution >= 0.6 is 0 Å². The Morgan fingerprint density at radius 1 is 0.229 bits per heavy atom. The number of carbonyl (C=O) groups is 4. The van der Waals surface area contributed by atoms with Gasteiger partial charge in [-0.05, 0) is 25.7 Å². The average molecular weight is 990 g/mol. The summed E-state index contributed by atoms with van der Waals surface area (Å²) in [4.78, 5) is 56.7. The van der Waals surface area contributed by atoms with E-state index in [0.29, 0.717) is 91.1 Å². The van der Waals surface area contributed by atoms with Crippen molar-refractivity contribution in [3.8, 4) is 0 Å². The minimum atomic E-state index is 0.0644. The minimum Gasteiger partial charge on any atom is -0.356 e. The van der Waals surface area contributed by atoms with E-state index >= 15 is 0 Å². The molecule has 4 N–H and O–H groups in total. The van der Waals surface area contributed by atoms with Gasteiger partial charge in [-0.25, -0.2) is 0 Å². The summed E-state index contributed by atoms with van der Waals surface area (Å²) in [5, 5.41) is 12.6. The van der Waals surface area contributed by atoms with E-state index in [4.69, 9.17) is 0 Å². The summed E-state index contributed by atoms with van der Waals surface area (Å²) < 4.78 is 0. The zero-order chi connectivity index (χ0) is 51.1. The molecule has 0 aromatic heterocycles. The van der Waals surface area contributed by atoms with Gasteiger partial charge in [0.15, 0.2) is 0 Å². The summed E-state index contributed by atoms with van der Waals surface area (Å²) in [7, 11) is 0. The summed E-state index contributed by atoms with van der Waals surface area (Å²) >= 11 is 0. The SMILES string of the molecule is CCCCCCCCCCCCNC(=O)CCN(CCC(=O)NCCCCCCCCCCC)CCN(CCC(=O)NCCCCCCCCCCC)CCC(=O)NCCCCCCCCCCCC. The Hall–Kier alpha value is -2.20. The quantitative estimate of drug-likeness (QED) is 0.0450. The van der Waals surface area contributed by atoms with Gasteiger partial charge < -0.3 is 31.1 Å². The van der Waals surface area contributed by atoms with E-state index < -0.39 is 0 Å². The highest BCUT2D eigenvalue weighted by molar-refractivity contribution is 5.77. The largest absolute Gasteiger partial charge is 0.356 e. The van der Waals surface area contributed by atoms with Crippen molar-refractivity contribution < 1.29 is 19.2 Å². The first-order chi connectivity index (χ1) is 34.4. The Labute approximate surface area is 435 Å². The molecule has 0 heterocycles. The van der Waals surface area contributed by atoms with E-state index in [0.717, 1.165) is 51.4 Å². The molecule has 10 heteroatoms. The van der Waals surface area contributed by atoms with Crippen LogP contribution in [0.25, 0.3) is 0 Å². The molecule has 0 fully saturated rings. The first-order valence-corrected chi connectivity index (χ1v) is 30.9. The van der Waals surface area contributed by atoms with E-state index in [1.165, 1.54) is 193 Å². The number of nitrogens with one attached hydrogen (secondary N) is 4. The third-order valence-electron chi connectivity index (χ3n) is 14.3. The molecule has 0 aliphatic carbocycles. The maximum atomic E-state index is 13.1. The van der Waals surface area contributed by atoms with Gasteiger partial charge in [-0.3, -0.25) is 19.2 Å². The smallest absolute Gasteiger partial charge is 0.221 e. The van der Waals surface area contributed by atoms with Gasteiger partial charge >= 0.3 is 0 Å². The van der Waals surface area contributed by atoms with Gasteiger partial charge in [0.1, 0.15) is 0 Å². The first kappa shape index (κ1) is 67.8. The molecule has 0 radical (unpaired) electrons. The normalized spacial score (nSPS) is 11.5. The van der Waals surface area contributed by atoms with Crippen LogP contribution in [0.2, 0.25) is 0 Å². The predicted octanol–water partition coefficient (Wildman–Crippen LogP) is 14.5. The lowest BCUT2D eigenvalue weighted by molar-refractivity contribution is -0.123. The first-order valence-electron chi connectivity index (χ1n) is 30.9. The summed E-state index contributed by atoms with van der Waals surface area (Å²) in [5.74, 6) is 0.259. The van der Waals surface area contributed by atoms with Gasteiger partial charge in [-0.15, -0.1) is 0 Å². The summed E-state index contributed by atoms with van der Waals surface area (Å²) in [5.41, 5.74) is 0. The Morgan fingerprint density at radius 2 is 0.386 bits per heavy atom. The molecule has 0 spiro atoms. The fourth-order valence-electron chi connectivity index (χ4n) is 9.35. The second-order valence-corrected chi connectivity index (χ2v) is 21.1. The zero-order valence-electron chi connectivity index (χ0n) is 47.3. The van der Waals surface area contributed by atoms with Gasteiger partial charge in [0.25, 0.3) is 0 Å². The monoisotopic (exact) mass is 989 g/mol. The second-order valence-electron chi connectivity index (χ2n) is 21.1. The third kappa shape index (κ3) is 52.1. The summed E-state index contributed by atoms with van der Waals surface area (Å²) in [6.07, 6.45) is 49.6. The van der Waals surface area contributed by atoms with Crippen molar-refractivity contribution in [2.24, 2.45) is 0 Å². The maximum Gasteiger partial charge on any atom is 0.221 e. The molecule has 0 atom stereocenters. The van der Waals surface area contributed by atoms with Crippen LogP contribution in [0.15, 0.2) is 0 Å². The van der Waals surface area contributed by atoms with Crippen molar-refractivity contribution in [3.05, 3.63) is 0 Å². The van der Waals surface area contributed by atoms with Crippen LogP contribution in [-0.2, 0) is 19.2 Å². The molecule has 0 saturated carbocycles. The fraction of sp³-hybridized carbons (Fsp3) is 0.933. The van der Waals surface area contributed by atoms with Crippen LogP contribution in [0.4, 0.5) is 0 Å². The number of rotatable bonds is 57. The Bertz CT molecular complexity index is 1050.